The summed E-state index contributed by atoms with van der Waals surface area (Å²) in [4.78, 5) is 17.9. The van der Waals surface area contributed by atoms with Gasteiger partial charge in [-0.25, -0.2) is 0 Å². The number of nitrogens with zero attached hydrogens (tertiary/aromatic N) is 5. The summed E-state index contributed by atoms with van der Waals surface area (Å²) in [5.41, 5.74) is 0. The van der Waals surface area contributed by atoms with E-state index < -0.39 is 0 Å². The molecule has 0 spiro atoms. The molecule has 7 heteroatoms. The average Bonchev–Trinajstić information content (AvgIpc) is 3.02. The molecular formula is C12H20N6O. The number of rotatable bonds is 3. The molecular weight excluding hydrogens is 244 g/mol. The lowest BCUT2D eigenvalue weighted by Gasteiger charge is -2.27. The Labute approximate surface area is 113 Å². The molecule has 0 bridgehead atoms. The van der Waals surface area contributed by atoms with Crippen LogP contribution in [-0.4, -0.2) is 61.4 Å². The predicted molar refractivity (Wildman–Crippen MR) is 73.9 cm³/mol. The summed E-state index contributed by atoms with van der Waals surface area (Å²) < 4.78 is 5.37. The Hall–Kier alpha value is -1.63. The van der Waals surface area contributed by atoms with Crippen LogP contribution in [0.5, 0.6) is 0 Å². The molecule has 0 aromatic carbocycles. The molecule has 0 radical (unpaired) electrons. The monoisotopic (exact) mass is 264 g/mol. The highest BCUT2D eigenvalue weighted by Gasteiger charge is 2.20. The lowest BCUT2D eigenvalue weighted by molar-refractivity contribution is 0.122. The van der Waals surface area contributed by atoms with Crippen molar-refractivity contribution in [1.82, 2.24) is 15.0 Å². The number of hydrogen-bond donors (Lipinski definition) is 1. The predicted octanol–water partition coefficient (Wildman–Crippen LogP) is 0.350. The Kier molecular flexibility index (Phi) is 3.63. The Bertz CT molecular complexity index is 428. The van der Waals surface area contributed by atoms with Crippen molar-refractivity contribution in [2.24, 2.45) is 0 Å². The molecule has 2 aliphatic rings. The number of ether oxygens (including phenoxy) is 1. The van der Waals surface area contributed by atoms with Crippen molar-refractivity contribution in [2.45, 2.75) is 12.8 Å². The number of aromatic nitrogens is 3. The molecule has 3 rings (SSSR count). The molecule has 0 atom stereocenters. The van der Waals surface area contributed by atoms with Crippen molar-refractivity contribution >= 4 is 17.8 Å². The van der Waals surface area contributed by atoms with Gasteiger partial charge in [-0.2, -0.15) is 15.0 Å². The first-order chi connectivity index (χ1) is 9.36. The molecule has 104 valence electrons. The van der Waals surface area contributed by atoms with Crippen molar-refractivity contribution in [3.05, 3.63) is 0 Å². The molecule has 0 aliphatic carbocycles. The summed E-state index contributed by atoms with van der Waals surface area (Å²) in [5.74, 6) is 2.18. The van der Waals surface area contributed by atoms with Gasteiger partial charge >= 0.3 is 0 Å². The fraction of sp³-hybridized carbons (Fsp3) is 0.750. The van der Waals surface area contributed by atoms with Gasteiger partial charge in [0.05, 0.1) is 13.2 Å². The third kappa shape index (κ3) is 2.70. The topological polar surface area (TPSA) is 66.4 Å². The normalized spacial score (nSPS) is 19.8. The smallest absolute Gasteiger partial charge is 0.232 e. The minimum Gasteiger partial charge on any atom is -0.378 e. The largest absolute Gasteiger partial charge is 0.378 e. The van der Waals surface area contributed by atoms with Gasteiger partial charge < -0.3 is 19.9 Å². The molecule has 2 fully saturated rings. The van der Waals surface area contributed by atoms with E-state index in [4.69, 9.17) is 4.74 Å². The maximum absolute atomic E-state index is 5.37. The van der Waals surface area contributed by atoms with E-state index in [0.717, 1.165) is 51.3 Å². The first kappa shape index (κ1) is 12.4. The van der Waals surface area contributed by atoms with Crippen molar-refractivity contribution in [2.75, 3.05) is 61.6 Å². The molecule has 19 heavy (non-hydrogen) atoms. The molecule has 7 nitrogen and oxygen atoms in total. The van der Waals surface area contributed by atoms with Crippen LogP contribution >= 0.6 is 0 Å². The maximum atomic E-state index is 5.37. The molecule has 0 amide bonds. The van der Waals surface area contributed by atoms with Crippen molar-refractivity contribution in [3.63, 3.8) is 0 Å². The lowest BCUT2D eigenvalue weighted by atomic mass is 10.4. The van der Waals surface area contributed by atoms with Crippen LogP contribution in [0.3, 0.4) is 0 Å². The summed E-state index contributed by atoms with van der Waals surface area (Å²) in [6.07, 6.45) is 2.43. The molecule has 2 aliphatic heterocycles. The quantitative estimate of drug-likeness (QED) is 0.845. The second kappa shape index (κ2) is 5.56. The van der Waals surface area contributed by atoms with E-state index in [9.17, 15) is 0 Å². The summed E-state index contributed by atoms with van der Waals surface area (Å²) in [6.45, 7) is 5.23. The van der Waals surface area contributed by atoms with Crippen LogP contribution in [0.1, 0.15) is 12.8 Å². The van der Waals surface area contributed by atoms with Crippen LogP contribution in [0.15, 0.2) is 0 Å². The van der Waals surface area contributed by atoms with Crippen molar-refractivity contribution in [1.29, 1.82) is 0 Å². The van der Waals surface area contributed by atoms with E-state index in [0.29, 0.717) is 5.95 Å². The van der Waals surface area contributed by atoms with Gasteiger partial charge in [0.15, 0.2) is 0 Å². The minimum atomic E-state index is 0.637. The molecule has 1 N–H and O–H groups in total. The molecule has 1 aromatic rings. The molecule has 0 saturated carbocycles. The number of nitrogens with one attached hydrogen (secondary N) is 1. The lowest BCUT2D eigenvalue weighted by Crippen LogP contribution is -2.38. The number of morpholine rings is 1. The highest BCUT2D eigenvalue weighted by atomic mass is 16.5. The average molecular weight is 264 g/mol. The Morgan fingerprint density at radius 1 is 0.895 bits per heavy atom. The summed E-state index contributed by atoms with van der Waals surface area (Å²) in [7, 11) is 1.84. The van der Waals surface area contributed by atoms with Crippen LogP contribution < -0.4 is 15.1 Å². The van der Waals surface area contributed by atoms with Gasteiger partial charge in [-0.3, -0.25) is 0 Å². The van der Waals surface area contributed by atoms with Crippen molar-refractivity contribution < 1.29 is 4.74 Å². The van der Waals surface area contributed by atoms with Gasteiger partial charge in [-0.1, -0.05) is 0 Å². The molecule has 3 heterocycles. The second-order valence-corrected chi connectivity index (χ2v) is 4.80. The minimum absolute atomic E-state index is 0.637. The van der Waals surface area contributed by atoms with Crippen LogP contribution in [0.25, 0.3) is 0 Å². The third-order valence-corrected chi connectivity index (χ3v) is 3.52. The first-order valence-corrected chi connectivity index (χ1v) is 6.88. The van der Waals surface area contributed by atoms with Gasteiger partial charge in [0, 0.05) is 33.2 Å². The Morgan fingerprint density at radius 3 is 2.05 bits per heavy atom. The molecule has 2 saturated heterocycles. The second-order valence-electron chi connectivity index (χ2n) is 4.80. The highest BCUT2D eigenvalue weighted by molar-refractivity contribution is 5.45. The van der Waals surface area contributed by atoms with Gasteiger partial charge in [0.2, 0.25) is 17.8 Å². The van der Waals surface area contributed by atoms with Crippen LogP contribution in [0.2, 0.25) is 0 Å². The van der Waals surface area contributed by atoms with Crippen LogP contribution in [-0.2, 0) is 4.74 Å². The number of anilines is 3. The van der Waals surface area contributed by atoms with E-state index >= 15 is 0 Å². The van der Waals surface area contributed by atoms with Crippen molar-refractivity contribution in [3.8, 4) is 0 Å². The van der Waals surface area contributed by atoms with Gasteiger partial charge in [-0.05, 0) is 12.8 Å². The van der Waals surface area contributed by atoms with Gasteiger partial charge in [-0.15, -0.1) is 0 Å². The highest BCUT2D eigenvalue weighted by Crippen LogP contribution is 2.20. The molecule has 1 aromatic heterocycles. The fourth-order valence-electron chi connectivity index (χ4n) is 2.43. The zero-order valence-electron chi connectivity index (χ0n) is 11.3. The Balaban J connectivity index is 1.87. The number of hydrogen-bond acceptors (Lipinski definition) is 7. The van der Waals surface area contributed by atoms with E-state index in [1.165, 1.54) is 12.8 Å². The third-order valence-electron chi connectivity index (χ3n) is 3.52. The summed E-state index contributed by atoms with van der Waals surface area (Å²) in [6, 6.07) is 0. The molecule has 0 unspecified atom stereocenters. The zero-order valence-corrected chi connectivity index (χ0v) is 11.3. The van der Waals surface area contributed by atoms with E-state index in [2.05, 4.69) is 30.1 Å². The van der Waals surface area contributed by atoms with Gasteiger partial charge in [0.25, 0.3) is 0 Å². The van der Waals surface area contributed by atoms with E-state index in [-0.39, 0.29) is 0 Å². The Morgan fingerprint density at radius 2 is 1.47 bits per heavy atom. The first-order valence-electron chi connectivity index (χ1n) is 6.88. The van der Waals surface area contributed by atoms with Crippen LogP contribution in [0, 0.1) is 0 Å². The standard InChI is InChI=1S/C12H20N6O/c1-13-10-14-11(17-4-2-3-5-17)16-12(15-10)18-6-8-19-9-7-18/h2-9H2,1H3,(H,13,14,15,16). The fourth-order valence-corrected chi connectivity index (χ4v) is 2.43. The van der Waals surface area contributed by atoms with E-state index in [1.807, 2.05) is 7.05 Å². The summed E-state index contributed by atoms with van der Waals surface area (Å²) in [5, 5.41) is 3.02. The SMILES string of the molecule is CNc1nc(N2CCCC2)nc(N2CCOCC2)n1. The maximum Gasteiger partial charge on any atom is 0.232 e. The summed E-state index contributed by atoms with van der Waals surface area (Å²) >= 11 is 0. The van der Waals surface area contributed by atoms with Crippen LogP contribution in [0.4, 0.5) is 17.8 Å². The zero-order chi connectivity index (χ0) is 13.1. The van der Waals surface area contributed by atoms with Gasteiger partial charge in [0.1, 0.15) is 0 Å². The van der Waals surface area contributed by atoms with E-state index in [1.54, 1.807) is 0 Å².